The maximum absolute atomic E-state index is 5.84. The summed E-state index contributed by atoms with van der Waals surface area (Å²) in [5, 5.41) is 3.65. The van der Waals surface area contributed by atoms with E-state index in [0.717, 1.165) is 37.2 Å². The van der Waals surface area contributed by atoms with Crippen molar-refractivity contribution < 1.29 is 4.74 Å². The van der Waals surface area contributed by atoms with E-state index in [1.54, 1.807) is 0 Å². The second kappa shape index (κ2) is 7.54. The summed E-state index contributed by atoms with van der Waals surface area (Å²) >= 11 is 0. The van der Waals surface area contributed by atoms with E-state index in [0.29, 0.717) is 6.04 Å². The highest BCUT2D eigenvalue weighted by Crippen LogP contribution is 2.31. The predicted molar refractivity (Wildman–Crippen MR) is 80.5 cm³/mol. The highest BCUT2D eigenvalue weighted by atomic mass is 16.5. The smallest absolute Gasteiger partial charge is 0.119 e. The molecule has 0 spiro atoms. The number of rotatable bonds is 6. The second-order valence-corrected chi connectivity index (χ2v) is 5.79. The van der Waals surface area contributed by atoms with Crippen LogP contribution in [-0.2, 0) is 0 Å². The molecule has 1 saturated carbocycles. The molecule has 3 atom stereocenters. The number of nitrogens with one attached hydrogen (secondary N) is 1. The molecule has 2 heteroatoms. The van der Waals surface area contributed by atoms with Crippen molar-refractivity contribution in [1.82, 2.24) is 5.32 Å². The molecule has 3 unspecified atom stereocenters. The second-order valence-electron chi connectivity index (χ2n) is 5.79. The van der Waals surface area contributed by atoms with Crippen LogP contribution in [-0.4, -0.2) is 19.2 Å². The third kappa shape index (κ3) is 4.54. The maximum atomic E-state index is 5.84. The van der Waals surface area contributed by atoms with E-state index in [1.165, 1.54) is 19.3 Å². The van der Waals surface area contributed by atoms with E-state index in [2.05, 4.69) is 19.2 Å². The Bertz CT molecular complexity index is 352. The SMILES string of the molecule is CCNC1CCC(C)CC1CCOc1ccccc1. The summed E-state index contributed by atoms with van der Waals surface area (Å²) in [5.74, 6) is 2.63. The van der Waals surface area contributed by atoms with E-state index in [1.807, 2.05) is 30.3 Å². The Kier molecular flexibility index (Phi) is 5.71. The molecule has 0 radical (unpaired) electrons. The molecule has 19 heavy (non-hydrogen) atoms. The van der Waals surface area contributed by atoms with Crippen LogP contribution in [0.25, 0.3) is 0 Å². The largest absolute Gasteiger partial charge is 0.494 e. The lowest BCUT2D eigenvalue weighted by Crippen LogP contribution is -2.40. The molecule has 1 aromatic rings. The van der Waals surface area contributed by atoms with Gasteiger partial charge in [0.05, 0.1) is 6.61 Å². The topological polar surface area (TPSA) is 21.3 Å². The van der Waals surface area contributed by atoms with Crippen molar-refractivity contribution in [2.75, 3.05) is 13.2 Å². The van der Waals surface area contributed by atoms with Gasteiger partial charge in [-0.1, -0.05) is 32.0 Å². The Morgan fingerprint density at radius 1 is 1.21 bits per heavy atom. The predicted octanol–water partition coefficient (Wildman–Crippen LogP) is 3.87. The van der Waals surface area contributed by atoms with Gasteiger partial charge in [0.1, 0.15) is 5.75 Å². The number of hydrogen-bond donors (Lipinski definition) is 1. The summed E-state index contributed by atoms with van der Waals surface area (Å²) in [5.41, 5.74) is 0. The van der Waals surface area contributed by atoms with Crippen molar-refractivity contribution in [2.24, 2.45) is 11.8 Å². The fourth-order valence-electron chi connectivity index (χ4n) is 3.19. The highest BCUT2D eigenvalue weighted by Gasteiger charge is 2.27. The van der Waals surface area contributed by atoms with Crippen LogP contribution in [0.1, 0.15) is 39.5 Å². The molecule has 106 valence electrons. The quantitative estimate of drug-likeness (QED) is 0.839. The van der Waals surface area contributed by atoms with E-state index < -0.39 is 0 Å². The molecule has 0 heterocycles. The number of ether oxygens (including phenoxy) is 1. The zero-order chi connectivity index (χ0) is 13.5. The molecule has 1 aromatic carbocycles. The molecule has 0 aromatic heterocycles. The van der Waals surface area contributed by atoms with Gasteiger partial charge in [-0.2, -0.15) is 0 Å². The maximum Gasteiger partial charge on any atom is 0.119 e. The molecule has 2 nitrogen and oxygen atoms in total. The first-order valence-electron chi connectivity index (χ1n) is 7.70. The van der Waals surface area contributed by atoms with Gasteiger partial charge in [0.2, 0.25) is 0 Å². The number of para-hydroxylation sites is 1. The summed E-state index contributed by atoms with van der Waals surface area (Å²) in [6.07, 6.45) is 5.20. The normalized spacial score (nSPS) is 27.2. The zero-order valence-corrected chi connectivity index (χ0v) is 12.3. The van der Waals surface area contributed by atoms with Gasteiger partial charge in [-0.25, -0.2) is 0 Å². The van der Waals surface area contributed by atoms with Crippen LogP contribution in [0.5, 0.6) is 5.75 Å². The van der Waals surface area contributed by atoms with Crippen molar-refractivity contribution in [3.63, 3.8) is 0 Å². The Hall–Kier alpha value is -1.02. The lowest BCUT2D eigenvalue weighted by Gasteiger charge is -2.35. The van der Waals surface area contributed by atoms with Gasteiger partial charge in [-0.3, -0.25) is 0 Å². The first-order valence-corrected chi connectivity index (χ1v) is 7.70. The molecule has 2 rings (SSSR count). The van der Waals surface area contributed by atoms with Crippen LogP contribution in [0.4, 0.5) is 0 Å². The zero-order valence-electron chi connectivity index (χ0n) is 12.3. The van der Waals surface area contributed by atoms with Crippen molar-refractivity contribution >= 4 is 0 Å². The minimum Gasteiger partial charge on any atom is -0.494 e. The Balaban J connectivity index is 1.78. The van der Waals surface area contributed by atoms with Gasteiger partial charge in [0, 0.05) is 6.04 Å². The van der Waals surface area contributed by atoms with Crippen LogP contribution in [0.15, 0.2) is 30.3 Å². The monoisotopic (exact) mass is 261 g/mol. The van der Waals surface area contributed by atoms with Gasteiger partial charge in [-0.05, 0) is 56.2 Å². The molecular formula is C17H27NO. The third-order valence-corrected chi connectivity index (χ3v) is 4.21. The standard InChI is InChI=1S/C17H27NO/c1-3-18-17-10-9-14(2)13-15(17)11-12-19-16-7-5-4-6-8-16/h4-8,14-15,17-18H,3,9-13H2,1-2H3. The lowest BCUT2D eigenvalue weighted by molar-refractivity contribution is 0.175. The summed E-state index contributed by atoms with van der Waals surface area (Å²) in [7, 11) is 0. The van der Waals surface area contributed by atoms with Crippen LogP contribution >= 0.6 is 0 Å². The lowest BCUT2D eigenvalue weighted by atomic mass is 9.77. The summed E-state index contributed by atoms with van der Waals surface area (Å²) < 4.78 is 5.84. The Morgan fingerprint density at radius 2 is 2.00 bits per heavy atom. The molecule has 0 saturated heterocycles. The van der Waals surface area contributed by atoms with E-state index in [4.69, 9.17) is 4.74 Å². The van der Waals surface area contributed by atoms with Gasteiger partial charge in [0.25, 0.3) is 0 Å². The molecule has 1 fully saturated rings. The highest BCUT2D eigenvalue weighted by molar-refractivity contribution is 5.20. The van der Waals surface area contributed by atoms with Crippen molar-refractivity contribution in [1.29, 1.82) is 0 Å². The third-order valence-electron chi connectivity index (χ3n) is 4.21. The molecule has 1 N–H and O–H groups in total. The minimum absolute atomic E-state index is 0.695. The molecule has 1 aliphatic carbocycles. The van der Waals surface area contributed by atoms with Crippen LogP contribution < -0.4 is 10.1 Å². The Morgan fingerprint density at radius 3 is 2.74 bits per heavy atom. The average Bonchev–Trinajstić information content (AvgIpc) is 2.43. The molecular weight excluding hydrogens is 234 g/mol. The first kappa shape index (κ1) is 14.4. The Labute approximate surface area is 117 Å². The fraction of sp³-hybridized carbons (Fsp3) is 0.647. The van der Waals surface area contributed by atoms with Crippen molar-refractivity contribution in [3.8, 4) is 5.75 Å². The number of hydrogen-bond acceptors (Lipinski definition) is 2. The summed E-state index contributed by atoms with van der Waals surface area (Å²) in [6.45, 7) is 6.50. The van der Waals surface area contributed by atoms with Crippen molar-refractivity contribution in [2.45, 2.75) is 45.6 Å². The van der Waals surface area contributed by atoms with Crippen molar-refractivity contribution in [3.05, 3.63) is 30.3 Å². The fourth-order valence-corrected chi connectivity index (χ4v) is 3.19. The molecule has 1 aliphatic rings. The molecule has 0 aliphatic heterocycles. The van der Waals surface area contributed by atoms with Gasteiger partial charge in [-0.15, -0.1) is 0 Å². The first-order chi connectivity index (χ1) is 9.29. The minimum atomic E-state index is 0.695. The van der Waals surface area contributed by atoms with Crippen LogP contribution in [0, 0.1) is 11.8 Å². The van der Waals surface area contributed by atoms with Gasteiger partial charge < -0.3 is 10.1 Å². The van der Waals surface area contributed by atoms with E-state index in [9.17, 15) is 0 Å². The average molecular weight is 261 g/mol. The van der Waals surface area contributed by atoms with E-state index >= 15 is 0 Å². The van der Waals surface area contributed by atoms with Gasteiger partial charge in [0.15, 0.2) is 0 Å². The summed E-state index contributed by atoms with van der Waals surface area (Å²) in [6, 6.07) is 10.8. The molecule has 0 bridgehead atoms. The molecule has 0 amide bonds. The van der Waals surface area contributed by atoms with Gasteiger partial charge >= 0.3 is 0 Å². The van der Waals surface area contributed by atoms with E-state index in [-0.39, 0.29) is 0 Å². The van der Waals surface area contributed by atoms with Crippen LogP contribution in [0.3, 0.4) is 0 Å². The summed E-state index contributed by atoms with van der Waals surface area (Å²) in [4.78, 5) is 0. The number of benzene rings is 1. The van der Waals surface area contributed by atoms with Crippen LogP contribution in [0.2, 0.25) is 0 Å².